The van der Waals surface area contributed by atoms with Gasteiger partial charge >= 0.3 is 5.97 Å². The van der Waals surface area contributed by atoms with Gasteiger partial charge in [0.2, 0.25) is 0 Å². The molecule has 0 aliphatic carbocycles. The molecule has 0 amide bonds. The van der Waals surface area contributed by atoms with Crippen molar-refractivity contribution in [3.63, 3.8) is 0 Å². The van der Waals surface area contributed by atoms with E-state index in [-0.39, 0.29) is 5.97 Å². The SMILES string of the molecule is CCOC(=O)C(C)(C)CCC=Cc1ccccc1Cl. The summed E-state index contributed by atoms with van der Waals surface area (Å²) in [7, 11) is 0. The summed E-state index contributed by atoms with van der Waals surface area (Å²) < 4.78 is 5.06. The first kappa shape index (κ1) is 15.8. The zero-order valence-corrected chi connectivity index (χ0v) is 12.5. The van der Waals surface area contributed by atoms with Gasteiger partial charge in [0, 0.05) is 5.02 Å². The van der Waals surface area contributed by atoms with Crippen LogP contribution >= 0.6 is 11.6 Å². The monoisotopic (exact) mass is 280 g/mol. The normalized spacial score (nSPS) is 11.8. The van der Waals surface area contributed by atoms with E-state index in [9.17, 15) is 4.79 Å². The van der Waals surface area contributed by atoms with Gasteiger partial charge in [0.25, 0.3) is 0 Å². The maximum Gasteiger partial charge on any atom is 0.311 e. The highest BCUT2D eigenvalue weighted by molar-refractivity contribution is 6.32. The molecule has 0 spiro atoms. The Bertz CT molecular complexity index is 450. The molecule has 1 aromatic carbocycles. The molecule has 0 fully saturated rings. The van der Waals surface area contributed by atoms with E-state index in [0.717, 1.165) is 23.4 Å². The Balaban J connectivity index is 2.50. The van der Waals surface area contributed by atoms with E-state index in [0.29, 0.717) is 6.61 Å². The zero-order valence-electron chi connectivity index (χ0n) is 11.8. The number of allylic oxidation sites excluding steroid dienone is 1. The summed E-state index contributed by atoms with van der Waals surface area (Å²) in [6, 6.07) is 7.69. The van der Waals surface area contributed by atoms with Gasteiger partial charge in [-0.3, -0.25) is 4.79 Å². The highest BCUT2D eigenvalue weighted by Gasteiger charge is 2.27. The van der Waals surface area contributed by atoms with Crippen molar-refractivity contribution < 1.29 is 9.53 Å². The van der Waals surface area contributed by atoms with Gasteiger partial charge in [-0.1, -0.05) is 42.0 Å². The smallest absolute Gasteiger partial charge is 0.311 e. The molecule has 0 saturated heterocycles. The molecule has 0 saturated carbocycles. The number of ether oxygens (including phenoxy) is 1. The first-order valence-electron chi connectivity index (χ1n) is 6.55. The first-order valence-corrected chi connectivity index (χ1v) is 6.93. The standard InChI is InChI=1S/C16H21ClO2/c1-4-19-15(18)16(2,3)12-8-7-10-13-9-5-6-11-14(13)17/h5-7,9-11H,4,8,12H2,1-3H3. The first-order chi connectivity index (χ1) is 8.97. The van der Waals surface area contributed by atoms with E-state index < -0.39 is 5.41 Å². The fourth-order valence-electron chi connectivity index (χ4n) is 1.69. The molecule has 0 heterocycles. The molecule has 1 rings (SSSR count). The van der Waals surface area contributed by atoms with Gasteiger partial charge in [0.15, 0.2) is 0 Å². The molecule has 0 atom stereocenters. The summed E-state index contributed by atoms with van der Waals surface area (Å²) in [4.78, 5) is 11.7. The lowest BCUT2D eigenvalue weighted by molar-refractivity contribution is -0.153. The van der Waals surface area contributed by atoms with Gasteiger partial charge in [0.1, 0.15) is 0 Å². The molecule has 0 aliphatic heterocycles. The minimum Gasteiger partial charge on any atom is -0.466 e. The molecular formula is C16H21ClO2. The average molecular weight is 281 g/mol. The Labute approximate surface area is 120 Å². The second kappa shape index (κ2) is 7.34. The number of esters is 1. The second-order valence-electron chi connectivity index (χ2n) is 5.07. The third kappa shape index (κ3) is 5.07. The van der Waals surface area contributed by atoms with Crippen LogP contribution in [0.4, 0.5) is 0 Å². The Morgan fingerprint density at radius 2 is 2.05 bits per heavy atom. The fraction of sp³-hybridized carbons (Fsp3) is 0.438. The lowest BCUT2D eigenvalue weighted by atomic mass is 9.88. The third-order valence-corrected chi connectivity index (χ3v) is 3.31. The minimum absolute atomic E-state index is 0.138. The number of hydrogen-bond acceptors (Lipinski definition) is 2. The van der Waals surface area contributed by atoms with Crippen LogP contribution in [0, 0.1) is 5.41 Å². The predicted octanol–water partition coefficient (Wildman–Crippen LogP) is 4.72. The van der Waals surface area contributed by atoms with Crippen molar-refractivity contribution in [2.24, 2.45) is 5.41 Å². The molecular weight excluding hydrogens is 260 g/mol. The van der Waals surface area contributed by atoms with Crippen LogP contribution < -0.4 is 0 Å². The van der Waals surface area contributed by atoms with Crippen molar-refractivity contribution in [3.05, 3.63) is 40.9 Å². The Morgan fingerprint density at radius 3 is 2.68 bits per heavy atom. The molecule has 1 aromatic rings. The number of carbonyl (C=O) groups excluding carboxylic acids is 1. The molecule has 3 heteroatoms. The molecule has 0 N–H and O–H groups in total. The summed E-state index contributed by atoms with van der Waals surface area (Å²) >= 11 is 6.06. The Morgan fingerprint density at radius 1 is 1.37 bits per heavy atom. The van der Waals surface area contributed by atoms with Gasteiger partial charge < -0.3 is 4.74 Å². The largest absolute Gasteiger partial charge is 0.466 e. The van der Waals surface area contributed by atoms with E-state index in [1.54, 1.807) is 0 Å². The molecule has 0 unspecified atom stereocenters. The number of benzene rings is 1. The van der Waals surface area contributed by atoms with Crippen LogP contribution in [0.2, 0.25) is 5.02 Å². The van der Waals surface area contributed by atoms with Crippen LogP contribution in [0.25, 0.3) is 6.08 Å². The van der Waals surface area contributed by atoms with Crippen molar-refractivity contribution in [3.8, 4) is 0 Å². The van der Waals surface area contributed by atoms with E-state index in [4.69, 9.17) is 16.3 Å². The van der Waals surface area contributed by atoms with Gasteiger partial charge in [-0.15, -0.1) is 0 Å². The molecule has 0 aromatic heterocycles. The molecule has 0 bridgehead atoms. The van der Waals surface area contributed by atoms with Crippen LogP contribution in [0.3, 0.4) is 0 Å². The van der Waals surface area contributed by atoms with Gasteiger partial charge in [0.05, 0.1) is 12.0 Å². The summed E-state index contributed by atoms with van der Waals surface area (Å²) in [5, 5.41) is 0.739. The van der Waals surface area contributed by atoms with Crippen molar-refractivity contribution in [1.29, 1.82) is 0 Å². The molecule has 0 radical (unpaired) electrons. The summed E-state index contributed by atoms with van der Waals surface area (Å²) in [5.41, 5.74) is 0.555. The van der Waals surface area contributed by atoms with E-state index in [1.807, 2.05) is 57.2 Å². The number of carbonyl (C=O) groups is 1. The highest BCUT2D eigenvalue weighted by atomic mass is 35.5. The molecule has 104 valence electrons. The van der Waals surface area contributed by atoms with Gasteiger partial charge in [-0.2, -0.15) is 0 Å². The summed E-state index contributed by atoms with van der Waals surface area (Å²) in [6.07, 6.45) is 5.61. The van der Waals surface area contributed by atoms with E-state index in [2.05, 4.69) is 0 Å². The third-order valence-electron chi connectivity index (χ3n) is 2.97. The summed E-state index contributed by atoms with van der Waals surface area (Å²) in [6.45, 7) is 6.08. The lowest BCUT2D eigenvalue weighted by Crippen LogP contribution is -2.26. The maximum atomic E-state index is 11.7. The number of rotatable bonds is 6. The lowest BCUT2D eigenvalue weighted by Gasteiger charge is -2.21. The quantitative estimate of drug-likeness (QED) is 0.705. The van der Waals surface area contributed by atoms with Gasteiger partial charge in [-0.25, -0.2) is 0 Å². The van der Waals surface area contributed by atoms with Crippen molar-refractivity contribution in [1.82, 2.24) is 0 Å². The van der Waals surface area contributed by atoms with E-state index >= 15 is 0 Å². The topological polar surface area (TPSA) is 26.3 Å². The van der Waals surface area contributed by atoms with Crippen molar-refractivity contribution in [2.75, 3.05) is 6.61 Å². The highest BCUT2D eigenvalue weighted by Crippen LogP contribution is 2.25. The van der Waals surface area contributed by atoms with E-state index in [1.165, 1.54) is 0 Å². The maximum absolute atomic E-state index is 11.7. The predicted molar refractivity (Wildman–Crippen MR) is 80.1 cm³/mol. The Hall–Kier alpha value is -1.28. The van der Waals surface area contributed by atoms with Crippen molar-refractivity contribution in [2.45, 2.75) is 33.6 Å². The van der Waals surface area contributed by atoms with Crippen LogP contribution in [-0.4, -0.2) is 12.6 Å². The Kier molecular flexibility index (Phi) is 6.10. The second-order valence-corrected chi connectivity index (χ2v) is 5.47. The number of hydrogen-bond donors (Lipinski definition) is 0. The zero-order chi connectivity index (χ0) is 14.3. The number of halogens is 1. The minimum atomic E-state index is -0.444. The molecule has 0 aliphatic rings. The van der Waals surface area contributed by atoms with Crippen LogP contribution in [-0.2, 0) is 9.53 Å². The molecule has 19 heavy (non-hydrogen) atoms. The van der Waals surface area contributed by atoms with Crippen LogP contribution in [0.5, 0.6) is 0 Å². The van der Waals surface area contributed by atoms with Crippen LogP contribution in [0.1, 0.15) is 39.2 Å². The molecule has 2 nitrogen and oxygen atoms in total. The summed E-state index contributed by atoms with van der Waals surface area (Å²) in [5.74, 6) is -0.138. The van der Waals surface area contributed by atoms with Crippen LogP contribution in [0.15, 0.2) is 30.3 Å². The van der Waals surface area contributed by atoms with Crippen molar-refractivity contribution >= 4 is 23.6 Å². The van der Waals surface area contributed by atoms with Gasteiger partial charge in [-0.05, 0) is 45.2 Å². The average Bonchev–Trinajstić information content (AvgIpc) is 2.37. The fourth-order valence-corrected chi connectivity index (χ4v) is 1.89.